The summed E-state index contributed by atoms with van der Waals surface area (Å²) in [6.45, 7) is 3.40. The van der Waals surface area contributed by atoms with Crippen molar-refractivity contribution in [2.75, 3.05) is 0 Å². The summed E-state index contributed by atoms with van der Waals surface area (Å²) < 4.78 is 0. The molecule has 0 spiro atoms. The van der Waals surface area contributed by atoms with Gasteiger partial charge in [-0.15, -0.1) is 0 Å². The fourth-order valence-electron chi connectivity index (χ4n) is 4.76. The second-order valence-electron chi connectivity index (χ2n) is 8.59. The molecule has 8 heteroatoms. The van der Waals surface area contributed by atoms with Crippen molar-refractivity contribution in [2.45, 2.75) is 102 Å². The Kier molecular flexibility index (Phi) is 7.30. The highest BCUT2D eigenvalue weighted by Crippen LogP contribution is 2.35. The fourth-order valence-corrected chi connectivity index (χ4v) is 4.76. The van der Waals surface area contributed by atoms with E-state index in [0.29, 0.717) is 51.4 Å². The summed E-state index contributed by atoms with van der Waals surface area (Å²) in [5.41, 5.74) is -4.22. The molecule has 2 aliphatic rings. The van der Waals surface area contributed by atoms with E-state index in [2.05, 4.69) is 10.6 Å². The molecule has 2 fully saturated rings. The summed E-state index contributed by atoms with van der Waals surface area (Å²) in [5.74, 6) is -3.41. The number of hydrogen-bond donors (Lipinski definition) is 4. The smallest absolute Gasteiger partial charge is 0.329 e. The first-order valence-electron chi connectivity index (χ1n) is 10.8. The Balaban J connectivity index is 2.28. The van der Waals surface area contributed by atoms with Gasteiger partial charge in [-0.1, -0.05) is 52.4 Å². The van der Waals surface area contributed by atoms with Gasteiger partial charge in [-0.3, -0.25) is 9.59 Å². The van der Waals surface area contributed by atoms with Gasteiger partial charge in [0.05, 0.1) is 0 Å². The molecule has 4 N–H and O–H groups in total. The summed E-state index contributed by atoms with van der Waals surface area (Å²) >= 11 is 0. The van der Waals surface area contributed by atoms with Gasteiger partial charge in [-0.2, -0.15) is 0 Å². The van der Waals surface area contributed by atoms with E-state index < -0.39 is 40.2 Å². The van der Waals surface area contributed by atoms with Crippen molar-refractivity contribution >= 4 is 23.8 Å². The molecular formula is C21H34N2O6. The van der Waals surface area contributed by atoms with E-state index in [1.165, 1.54) is 0 Å². The van der Waals surface area contributed by atoms with Crippen LogP contribution in [0.2, 0.25) is 0 Å². The molecule has 2 saturated carbocycles. The van der Waals surface area contributed by atoms with Crippen LogP contribution in [-0.4, -0.2) is 45.0 Å². The molecule has 164 valence electrons. The largest absolute Gasteiger partial charge is 0.480 e. The standard InChI is InChI=1S/C21H34N2O6/c1-3-19(4-2,15(24)22-20(17(26)27)11-7-5-8-12-20)16(25)23-21(18(28)29)13-9-6-10-14-21/h3-14H2,1-2H3,(H,22,24)(H,23,25)(H,26,27)(H,28,29). The van der Waals surface area contributed by atoms with Crippen LogP contribution < -0.4 is 10.6 Å². The van der Waals surface area contributed by atoms with Gasteiger partial charge in [0, 0.05) is 0 Å². The monoisotopic (exact) mass is 410 g/mol. The van der Waals surface area contributed by atoms with Crippen molar-refractivity contribution in [1.82, 2.24) is 10.6 Å². The van der Waals surface area contributed by atoms with Crippen molar-refractivity contribution in [2.24, 2.45) is 5.41 Å². The number of rotatable bonds is 8. The Morgan fingerprint density at radius 3 is 1.24 bits per heavy atom. The van der Waals surface area contributed by atoms with Gasteiger partial charge in [0.1, 0.15) is 16.5 Å². The zero-order valence-corrected chi connectivity index (χ0v) is 17.5. The van der Waals surface area contributed by atoms with Crippen LogP contribution in [0.15, 0.2) is 0 Å². The van der Waals surface area contributed by atoms with Crippen LogP contribution in [-0.2, 0) is 19.2 Å². The van der Waals surface area contributed by atoms with Gasteiger partial charge in [-0.05, 0) is 38.5 Å². The van der Waals surface area contributed by atoms with E-state index in [1.54, 1.807) is 13.8 Å². The normalized spacial score (nSPS) is 21.0. The number of aliphatic carboxylic acids is 2. The van der Waals surface area contributed by atoms with E-state index in [9.17, 15) is 29.4 Å². The Bertz CT molecular complexity index is 592. The Labute approximate surface area is 171 Å². The summed E-state index contributed by atoms with van der Waals surface area (Å²) in [7, 11) is 0. The van der Waals surface area contributed by atoms with Crippen LogP contribution in [0.1, 0.15) is 90.9 Å². The van der Waals surface area contributed by atoms with Crippen molar-refractivity contribution in [3.05, 3.63) is 0 Å². The van der Waals surface area contributed by atoms with Crippen LogP contribution in [0.3, 0.4) is 0 Å². The second kappa shape index (κ2) is 9.13. The van der Waals surface area contributed by atoms with Gasteiger partial charge >= 0.3 is 11.9 Å². The first-order chi connectivity index (χ1) is 13.7. The van der Waals surface area contributed by atoms with Gasteiger partial charge in [0.25, 0.3) is 0 Å². The Hall–Kier alpha value is -2.12. The fraction of sp³-hybridized carbons (Fsp3) is 0.810. The summed E-state index contributed by atoms with van der Waals surface area (Å²) in [4.78, 5) is 50.5. The quantitative estimate of drug-likeness (QED) is 0.455. The molecule has 0 aromatic rings. The first-order valence-corrected chi connectivity index (χ1v) is 10.8. The third kappa shape index (κ3) is 4.41. The molecule has 0 radical (unpaired) electrons. The number of carboxylic acids is 2. The number of carbonyl (C=O) groups excluding carboxylic acids is 2. The number of carbonyl (C=O) groups is 4. The van der Waals surface area contributed by atoms with Gasteiger partial charge in [0.2, 0.25) is 11.8 Å². The van der Waals surface area contributed by atoms with E-state index in [-0.39, 0.29) is 12.8 Å². The van der Waals surface area contributed by atoms with Crippen molar-refractivity contribution < 1.29 is 29.4 Å². The molecule has 2 aliphatic carbocycles. The summed E-state index contributed by atoms with van der Waals surface area (Å²) in [5, 5.41) is 24.9. The lowest BCUT2D eigenvalue weighted by Crippen LogP contribution is -2.64. The van der Waals surface area contributed by atoms with Crippen molar-refractivity contribution in [3.63, 3.8) is 0 Å². The minimum absolute atomic E-state index is 0.159. The van der Waals surface area contributed by atoms with E-state index in [0.717, 1.165) is 12.8 Å². The zero-order valence-electron chi connectivity index (χ0n) is 17.5. The number of amides is 2. The Morgan fingerprint density at radius 2 is 1.00 bits per heavy atom. The second-order valence-corrected chi connectivity index (χ2v) is 8.59. The predicted octanol–water partition coefficient (Wildman–Crippen LogP) is 2.60. The minimum atomic E-state index is -1.50. The Morgan fingerprint density at radius 1 is 0.690 bits per heavy atom. The van der Waals surface area contributed by atoms with E-state index in [4.69, 9.17) is 0 Å². The highest BCUT2D eigenvalue weighted by Gasteiger charge is 2.51. The lowest BCUT2D eigenvalue weighted by molar-refractivity contribution is -0.157. The van der Waals surface area contributed by atoms with E-state index in [1.807, 2.05) is 0 Å². The third-order valence-corrected chi connectivity index (χ3v) is 7.01. The number of carboxylic acid groups (broad SMARTS) is 2. The molecule has 2 amide bonds. The van der Waals surface area contributed by atoms with Crippen LogP contribution >= 0.6 is 0 Å². The highest BCUT2D eigenvalue weighted by atomic mass is 16.4. The molecular weight excluding hydrogens is 376 g/mol. The number of nitrogens with one attached hydrogen (secondary N) is 2. The van der Waals surface area contributed by atoms with Crippen LogP contribution in [0.5, 0.6) is 0 Å². The average Bonchev–Trinajstić information content (AvgIpc) is 2.70. The van der Waals surface area contributed by atoms with Gasteiger partial charge in [-0.25, -0.2) is 9.59 Å². The SMILES string of the molecule is CCC(CC)(C(=O)NC1(C(=O)O)CCCCC1)C(=O)NC1(C(=O)O)CCCCC1. The molecule has 8 nitrogen and oxygen atoms in total. The molecule has 0 saturated heterocycles. The van der Waals surface area contributed by atoms with Gasteiger partial charge < -0.3 is 20.8 Å². The molecule has 0 aromatic carbocycles. The zero-order chi connectivity index (χ0) is 21.7. The molecule has 2 rings (SSSR count). The maximum absolute atomic E-state index is 13.3. The number of hydrogen-bond acceptors (Lipinski definition) is 4. The average molecular weight is 411 g/mol. The highest BCUT2D eigenvalue weighted by molar-refractivity contribution is 6.07. The predicted molar refractivity (Wildman–Crippen MR) is 106 cm³/mol. The minimum Gasteiger partial charge on any atom is -0.480 e. The van der Waals surface area contributed by atoms with Crippen LogP contribution in [0.25, 0.3) is 0 Å². The van der Waals surface area contributed by atoms with Gasteiger partial charge in [0.15, 0.2) is 0 Å². The van der Waals surface area contributed by atoms with Crippen molar-refractivity contribution in [3.8, 4) is 0 Å². The lowest BCUT2D eigenvalue weighted by atomic mass is 9.75. The van der Waals surface area contributed by atoms with E-state index >= 15 is 0 Å². The molecule has 0 unspecified atom stereocenters. The molecule has 0 bridgehead atoms. The van der Waals surface area contributed by atoms with Crippen molar-refractivity contribution in [1.29, 1.82) is 0 Å². The molecule has 0 atom stereocenters. The van der Waals surface area contributed by atoms with Crippen LogP contribution in [0, 0.1) is 5.41 Å². The maximum atomic E-state index is 13.3. The summed E-state index contributed by atoms with van der Waals surface area (Å²) in [6.07, 6.45) is 6.28. The first kappa shape index (κ1) is 23.2. The summed E-state index contributed by atoms with van der Waals surface area (Å²) in [6, 6.07) is 0. The topological polar surface area (TPSA) is 133 Å². The third-order valence-electron chi connectivity index (χ3n) is 7.01. The maximum Gasteiger partial charge on any atom is 0.329 e. The molecule has 0 aromatic heterocycles. The molecule has 0 heterocycles. The molecule has 29 heavy (non-hydrogen) atoms. The molecule has 0 aliphatic heterocycles. The lowest BCUT2D eigenvalue weighted by Gasteiger charge is -2.40. The van der Waals surface area contributed by atoms with Crippen LogP contribution in [0.4, 0.5) is 0 Å².